The first-order valence-corrected chi connectivity index (χ1v) is 5.14. The highest BCUT2D eigenvalue weighted by Gasteiger charge is 2.27. The average Bonchev–Trinajstić information content (AvgIpc) is 2.86. The Morgan fingerprint density at radius 3 is 2.77 bits per heavy atom. The molecule has 2 atom stereocenters. The lowest BCUT2D eigenvalue weighted by atomic mass is 10.2. The molecule has 3 heteroatoms. The maximum absolute atomic E-state index is 9.35. The average molecular weight is 187 g/mol. The molecular weight excluding hydrogens is 166 g/mol. The summed E-state index contributed by atoms with van der Waals surface area (Å²) in [6.07, 6.45) is 3.21. The van der Waals surface area contributed by atoms with E-state index in [2.05, 4.69) is 12.2 Å². The second kappa shape index (κ2) is 5.58. The summed E-state index contributed by atoms with van der Waals surface area (Å²) in [5, 5.41) is 12.8. The van der Waals surface area contributed by atoms with Crippen molar-refractivity contribution < 1.29 is 9.84 Å². The molecular formula is C10H21NO2. The smallest absolute Gasteiger partial charge is 0.0785 e. The number of hydrogen-bond donors (Lipinski definition) is 2. The zero-order chi connectivity index (χ0) is 9.68. The molecule has 2 N–H and O–H groups in total. The van der Waals surface area contributed by atoms with Gasteiger partial charge in [0.1, 0.15) is 0 Å². The zero-order valence-electron chi connectivity index (χ0n) is 8.62. The summed E-state index contributed by atoms with van der Waals surface area (Å²) in [5.41, 5.74) is 0. The van der Waals surface area contributed by atoms with Gasteiger partial charge in [-0.15, -0.1) is 0 Å². The Morgan fingerprint density at radius 2 is 2.23 bits per heavy atom. The Labute approximate surface area is 80.5 Å². The van der Waals surface area contributed by atoms with E-state index < -0.39 is 0 Å². The van der Waals surface area contributed by atoms with Gasteiger partial charge in [-0.1, -0.05) is 0 Å². The third kappa shape index (κ3) is 4.60. The molecule has 0 aromatic carbocycles. The van der Waals surface area contributed by atoms with Gasteiger partial charge in [0.15, 0.2) is 0 Å². The van der Waals surface area contributed by atoms with Crippen molar-refractivity contribution in [2.24, 2.45) is 5.92 Å². The SMILES string of the molecule is COCC(O)CCNC(C)C1CC1. The Bertz CT molecular complexity index is 137. The van der Waals surface area contributed by atoms with Crippen LogP contribution in [0.1, 0.15) is 26.2 Å². The van der Waals surface area contributed by atoms with Gasteiger partial charge in [-0.05, 0) is 38.6 Å². The highest BCUT2D eigenvalue weighted by Crippen LogP contribution is 2.32. The van der Waals surface area contributed by atoms with Crippen molar-refractivity contribution in [2.45, 2.75) is 38.3 Å². The maximum atomic E-state index is 9.35. The molecule has 0 heterocycles. The molecule has 0 spiro atoms. The molecule has 1 aliphatic rings. The fourth-order valence-electron chi connectivity index (χ4n) is 1.52. The highest BCUT2D eigenvalue weighted by atomic mass is 16.5. The molecule has 0 radical (unpaired) electrons. The highest BCUT2D eigenvalue weighted by molar-refractivity contribution is 4.83. The van der Waals surface area contributed by atoms with E-state index in [0.29, 0.717) is 12.6 Å². The van der Waals surface area contributed by atoms with Crippen LogP contribution < -0.4 is 5.32 Å². The predicted molar refractivity (Wildman–Crippen MR) is 52.7 cm³/mol. The van der Waals surface area contributed by atoms with Crippen LogP contribution in [0.15, 0.2) is 0 Å². The van der Waals surface area contributed by atoms with E-state index in [1.807, 2.05) is 0 Å². The first-order chi connectivity index (χ1) is 6.24. The van der Waals surface area contributed by atoms with Gasteiger partial charge in [-0.3, -0.25) is 0 Å². The van der Waals surface area contributed by atoms with Crippen LogP contribution in [-0.2, 0) is 4.74 Å². The van der Waals surface area contributed by atoms with Gasteiger partial charge in [-0.25, -0.2) is 0 Å². The molecule has 3 nitrogen and oxygen atoms in total. The largest absolute Gasteiger partial charge is 0.391 e. The number of nitrogens with one attached hydrogen (secondary N) is 1. The topological polar surface area (TPSA) is 41.5 Å². The molecule has 0 amide bonds. The molecule has 0 saturated heterocycles. The predicted octanol–water partition coefficient (Wildman–Crippen LogP) is 0.772. The molecule has 2 unspecified atom stereocenters. The Balaban J connectivity index is 1.92. The normalized spacial score (nSPS) is 21.5. The maximum Gasteiger partial charge on any atom is 0.0785 e. The number of aliphatic hydroxyl groups excluding tert-OH is 1. The molecule has 13 heavy (non-hydrogen) atoms. The minimum absolute atomic E-state index is 0.316. The summed E-state index contributed by atoms with van der Waals surface area (Å²) in [7, 11) is 1.61. The van der Waals surface area contributed by atoms with Crippen LogP contribution in [-0.4, -0.2) is 37.5 Å². The standard InChI is InChI=1S/C10H21NO2/c1-8(9-3-4-9)11-6-5-10(12)7-13-2/h8-12H,3-7H2,1-2H3. The number of methoxy groups -OCH3 is 1. The van der Waals surface area contributed by atoms with Gasteiger partial charge in [0, 0.05) is 13.2 Å². The van der Waals surface area contributed by atoms with Gasteiger partial charge in [0.05, 0.1) is 12.7 Å². The summed E-state index contributed by atoms with van der Waals surface area (Å²) >= 11 is 0. The van der Waals surface area contributed by atoms with Crippen LogP contribution in [0.5, 0.6) is 0 Å². The summed E-state index contributed by atoms with van der Waals surface area (Å²) in [5.74, 6) is 0.888. The van der Waals surface area contributed by atoms with Crippen molar-refractivity contribution in [1.82, 2.24) is 5.32 Å². The number of rotatable bonds is 7. The third-order valence-corrected chi connectivity index (χ3v) is 2.63. The van der Waals surface area contributed by atoms with Crippen molar-refractivity contribution in [3.63, 3.8) is 0 Å². The number of hydrogen-bond acceptors (Lipinski definition) is 3. The summed E-state index contributed by atoms with van der Waals surface area (Å²) in [6.45, 7) is 3.56. The van der Waals surface area contributed by atoms with Crippen LogP contribution in [0.25, 0.3) is 0 Å². The van der Waals surface area contributed by atoms with Gasteiger partial charge in [0.2, 0.25) is 0 Å². The van der Waals surface area contributed by atoms with Crippen LogP contribution in [0.2, 0.25) is 0 Å². The monoisotopic (exact) mass is 187 g/mol. The second-order valence-corrected chi connectivity index (χ2v) is 3.98. The van der Waals surface area contributed by atoms with E-state index in [9.17, 15) is 5.11 Å². The van der Waals surface area contributed by atoms with E-state index in [1.54, 1.807) is 7.11 Å². The third-order valence-electron chi connectivity index (χ3n) is 2.63. The fourth-order valence-corrected chi connectivity index (χ4v) is 1.52. The fraction of sp³-hybridized carbons (Fsp3) is 1.00. The number of ether oxygens (including phenoxy) is 1. The molecule has 78 valence electrons. The van der Waals surface area contributed by atoms with Crippen molar-refractivity contribution in [3.05, 3.63) is 0 Å². The van der Waals surface area contributed by atoms with E-state index in [0.717, 1.165) is 18.9 Å². The van der Waals surface area contributed by atoms with Gasteiger partial charge in [0.25, 0.3) is 0 Å². The molecule has 1 fully saturated rings. The summed E-state index contributed by atoms with van der Waals surface area (Å²) in [4.78, 5) is 0. The molecule has 1 saturated carbocycles. The molecule has 0 aromatic heterocycles. The van der Waals surface area contributed by atoms with Crippen LogP contribution >= 0.6 is 0 Å². The number of aliphatic hydroxyl groups is 1. The van der Waals surface area contributed by atoms with Crippen LogP contribution in [0, 0.1) is 5.92 Å². The van der Waals surface area contributed by atoms with Gasteiger partial charge >= 0.3 is 0 Å². The first-order valence-electron chi connectivity index (χ1n) is 5.14. The Kier molecular flexibility index (Phi) is 4.70. The van der Waals surface area contributed by atoms with E-state index >= 15 is 0 Å². The summed E-state index contributed by atoms with van der Waals surface area (Å²) in [6, 6.07) is 0.620. The van der Waals surface area contributed by atoms with Crippen molar-refractivity contribution in [2.75, 3.05) is 20.3 Å². The second-order valence-electron chi connectivity index (χ2n) is 3.98. The van der Waals surface area contributed by atoms with Crippen molar-refractivity contribution >= 4 is 0 Å². The van der Waals surface area contributed by atoms with Gasteiger partial charge < -0.3 is 15.2 Å². The van der Waals surface area contributed by atoms with E-state index in [-0.39, 0.29) is 6.10 Å². The van der Waals surface area contributed by atoms with Crippen molar-refractivity contribution in [3.8, 4) is 0 Å². The van der Waals surface area contributed by atoms with E-state index in [4.69, 9.17) is 4.74 Å². The molecule has 0 bridgehead atoms. The molecule has 0 aliphatic heterocycles. The van der Waals surface area contributed by atoms with Gasteiger partial charge in [-0.2, -0.15) is 0 Å². The Hall–Kier alpha value is -0.120. The minimum Gasteiger partial charge on any atom is -0.391 e. The summed E-state index contributed by atoms with van der Waals surface area (Å²) < 4.78 is 4.84. The molecule has 1 rings (SSSR count). The van der Waals surface area contributed by atoms with E-state index in [1.165, 1.54) is 12.8 Å². The van der Waals surface area contributed by atoms with Crippen molar-refractivity contribution in [1.29, 1.82) is 0 Å². The van der Waals surface area contributed by atoms with Crippen LogP contribution in [0.3, 0.4) is 0 Å². The lowest BCUT2D eigenvalue weighted by Gasteiger charge is -2.14. The molecule has 1 aliphatic carbocycles. The Morgan fingerprint density at radius 1 is 1.54 bits per heavy atom. The zero-order valence-corrected chi connectivity index (χ0v) is 8.62. The minimum atomic E-state index is -0.316. The first kappa shape index (κ1) is 11.0. The quantitative estimate of drug-likeness (QED) is 0.618. The molecule has 0 aromatic rings. The lowest BCUT2D eigenvalue weighted by molar-refractivity contribution is 0.0589. The lowest BCUT2D eigenvalue weighted by Crippen LogP contribution is -2.31. The van der Waals surface area contributed by atoms with Crippen LogP contribution in [0.4, 0.5) is 0 Å².